The van der Waals surface area contributed by atoms with Crippen molar-refractivity contribution in [1.82, 2.24) is 14.8 Å². The van der Waals surface area contributed by atoms with Crippen LogP contribution in [0.2, 0.25) is 0 Å². The van der Waals surface area contributed by atoms with Crippen LogP contribution in [0.15, 0.2) is 60.9 Å². The van der Waals surface area contributed by atoms with Crippen LogP contribution in [-0.2, 0) is 7.05 Å². The monoisotopic (exact) mass is 355 g/mol. The largest absolute Gasteiger partial charge is 0.354 e. The number of rotatable bonds is 2. The number of aryl methyl sites for hydroxylation is 2. The van der Waals surface area contributed by atoms with Gasteiger partial charge in [0, 0.05) is 25.7 Å². The van der Waals surface area contributed by atoms with E-state index in [-0.39, 0.29) is 0 Å². The van der Waals surface area contributed by atoms with Crippen LogP contribution in [0.25, 0.3) is 22.0 Å². The third-order valence-electron chi connectivity index (χ3n) is 5.24. The van der Waals surface area contributed by atoms with Gasteiger partial charge in [-0.25, -0.2) is 0 Å². The van der Waals surface area contributed by atoms with Crippen LogP contribution in [0.1, 0.15) is 5.69 Å². The first kappa shape index (κ1) is 15.9. The molecule has 0 N–H and O–H groups in total. The molecule has 0 atom stereocenters. The van der Waals surface area contributed by atoms with Gasteiger partial charge in [-0.15, -0.1) is 0 Å². The molecule has 0 saturated carbocycles. The lowest BCUT2D eigenvalue weighted by atomic mass is 10.0. The first-order valence-electron chi connectivity index (χ1n) is 9.09. The van der Waals surface area contributed by atoms with Crippen molar-refractivity contribution in [3.8, 4) is 11.1 Å². The topological polar surface area (TPSA) is 37.2 Å². The molecule has 1 aliphatic rings. The lowest BCUT2D eigenvalue weighted by Crippen LogP contribution is -2.24. The van der Waals surface area contributed by atoms with Crippen molar-refractivity contribution >= 4 is 28.0 Å². The molecule has 4 aromatic rings. The fourth-order valence-electron chi connectivity index (χ4n) is 3.95. The molecule has 5 nitrogen and oxygen atoms in total. The predicted molar refractivity (Wildman–Crippen MR) is 111 cm³/mol. The quantitative estimate of drug-likeness (QED) is 0.531. The van der Waals surface area contributed by atoms with Gasteiger partial charge in [0.2, 0.25) is 0 Å². The van der Waals surface area contributed by atoms with E-state index in [1.165, 1.54) is 22.2 Å². The summed E-state index contributed by atoms with van der Waals surface area (Å²) in [5.74, 6) is 0. The molecular formula is C22H21N5. The van der Waals surface area contributed by atoms with Crippen LogP contribution in [-0.4, -0.2) is 28.5 Å². The van der Waals surface area contributed by atoms with Crippen LogP contribution in [0.4, 0.5) is 17.1 Å². The number of fused-ring (bicyclic) bond motifs is 3. The molecule has 0 unspecified atom stereocenters. The molecule has 0 amide bonds. The minimum absolute atomic E-state index is 0.790. The minimum atomic E-state index is 0.790. The summed E-state index contributed by atoms with van der Waals surface area (Å²) in [6.07, 6.45) is 4.07. The number of benzene rings is 2. The van der Waals surface area contributed by atoms with E-state index in [2.05, 4.69) is 77.5 Å². The first-order valence-corrected chi connectivity index (χ1v) is 9.09. The van der Waals surface area contributed by atoms with Crippen molar-refractivity contribution < 1.29 is 0 Å². The van der Waals surface area contributed by atoms with Gasteiger partial charge in [0.1, 0.15) is 0 Å². The summed E-state index contributed by atoms with van der Waals surface area (Å²) >= 11 is 0. The van der Waals surface area contributed by atoms with Gasteiger partial charge in [-0.3, -0.25) is 9.67 Å². The highest BCUT2D eigenvalue weighted by atomic mass is 15.4. The van der Waals surface area contributed by atoms with Gasteiger partial charge in [0.25, 0.3) is 0 Å². The lowest BCUT2D eigenvalue weighted by molar-refractivity contribution is 0.756. The fourth-order valence-corrected chi connectivity index (χ4v) is 3.95. The van der Waals surface area contributed by atoms with Crippen LogP contribution < -0.4 is 9.80 Å². The summed E-state index contributed by atoms with van der Waals surface area (Å²) in [6, 6.07) is 17.0. The molecule has 134 valence electrons. The van der Waals surface area contributed by atoms with Crippen molar-refractivity contribution in [1.29, 1.82) is 0 Å². The maximum absolute atomic E-state index is 4.70. The second kappa shape index (κ2) is 5.84. The zero-order valence-corrected chi connectivity index (χ0v) is 15.7. The molecule has 1 aliphatic heterocycles. The second-order valence-electron chi connectivity index (χ2n) is 7.13. The standard InChI is InChI=1S/C22H21N5/c1-15-21(13-26(3)24-15)27-14-25(2)20-12-23-19-10-9-17(11-18(19)22(20)27)16-7-5-4-6-8-16/h4-13H,14H2,1-3H3. The third kappa shape index (κ3) is 2.46. The molecule has 0 saturated heterocycles. The Morgan fingerprint density at radius 2 is 1.74 bits per heavy atom. The smallest absolute Gasteiger partial charge is 0.0952 e. The molecule has 0 aliphatic carbocycles. The molecule has 5 heteroatoms. The third-order valence-corrected chi connectivity index (χ3v) is 5.24. The Hall–Kier alpha value is -3.34. The maximum atomic E-state index is 4.70. The van der Waals surface area contributed by atoms with E-state index in [1.54, 1.807) is 0 Å². The Balaban J connectivity index is 1.75. The lowest BCUT2D eigenvalue weighted by Gasteiger charge is -2.19. The first-order chi connectivity index (χ1) is 13.1. The van der Waals surface area contributed by atoms with Crippen LogP contribution in [0.5, 0.6) is 0 Å². The Bertz CT molecular complexity index is 1150. The Morgan fingerprint density at radius 1 is 0.926 bits per heavy atom. The molecule has 0 fully saturated rings. The highest BCUT2D eigenvalue weighted by Gasteiger charge is 2.29. The van der Waals surface area contributed by atoms with Gasteiger partial charge in [0.05, 0.1) is 41.1 Å². The molecule has 5 rings (SSSR count). The number of hydrogen-bond acceptors (Lipinski definition) is 4. The zero-order chi connectivity index (χ0) is 18.5. The molecule has 27 heavy (non-hydrogen) atoms. The molecule has 0 radical (unpaired) electrons. The number of nitrogens with zero attached hydrogens (tertiary/aromatic N) is 5. The van der Waals surface area contributed by atoms with Gasteiger partial charge in [-0.05, 0) is 30.2 Å². The van der Waals surface area contributed by atoms with E-state index in [1.807, 2.05) is 24.0 Å². The van der Waals surface area contributed by atoms with Crippen molar-refractivity contribution in [2.75, 3.05) is 23.5 Å². The van der Waals surface area contributed by atoms with Crippen molar-refractivity contribution in [3.63, 3.8) is 0 Å². The summed E-state index contributed by atoms with van der Waals surface area (Å²) in [6.45, 7) is 2.85. The SMILES string of the molecule is Cc1nn(C)cc1N1CN(C)c2cnc3ccc(-c4ccccc4)cc3c21. The second-order valence-corrected chi connectivity index (χ2v) is 7.13. The molecule has 0 spiro atoms. The van der Waals surface area contributed by atoms with Gasteiger partial charge < -0.3 is 9.80 Å². The Labute approximate surface area is 158 Å². The maximum Gasteiger partial charge on any atom is 0.0952 e. The summed E-state index contributed by atoms with van der Waals surface area (Å²) in [5.41, 5.74) is 7.95. The molecular weight excluding hydrogens is 334 g/mol. The highest BCUT2D eigenvalue weighted by Crippen LogP contribution is 2.45. The summed E-state index contributed by atoms with van der Waals surface area (Å²) in [5, 5.41) is 5.71. The molecule has 2 aromatic carbocycles. The number of anilines is 3. The van der Waals surface area contributed by atoms with E-state index >= 15 is 0 Å². The van der Waals surface area contributed by atoms with E-state index in [9.17, 15) is 0 Å². The predicted octanol–water partition coefficient (Wildman–Crippen LogP) is 4.49. The average Bonchev–Trinajstić information content (AvgIpc) is 3.20. The van der Waals surface area contributed by atoms with E-state index in [0.29, 0.717) is 0 Å². The van der Waals surface area contributed by atoms with Crippen LogP contribution >= 0.6 is 0 Å². The van der Waals surface area contributed by atoms with E-state index < -0.39 is 0 Å². The minimum Gasteiger partial charge on any atom is -0.354 e. The molecule has 2 aromatic heterocycles. The molecule has 0 bridgehead atoms. The summed E-state index contributed by atoms with van der Waals surface area (Å²) < 4.78 is 1.88. The summed E-state index contributed by atoms with van der Waals surface area (Å²) in [4.78, 5) is 9.29. The van der Waals surface area contributed by atoms with Crippen molar-refractivity contribution in [3.05, 3.63) is 66.6 Å². The van der Waals surface area contributed by atoms with Gasteiger partial charge in [0.15, 0.2) is 0 Å². The molecule has 3 heterocycles. The Morgan fingerprint density at radius 3 is 2.48 bits per heavy atom. The average molecular weight is 355 g/mol. The van der Waals surface area contributed by atoms with Gasteiger partial charge in [-0.2, -0.15) is 5.10 Å². The van der Waals surface area contributed by atoms with Crippen LogP contribution in [0, 0.1) is 6.92 Å². The van der Waals surface area contributed by atoms with Gasteiger partial charge in [-0.1, -0.05) is 36.4 Å². The van der Waals surface area contributed by atoms with E-state index in [4.69, 9.17) is 4.98 Å². The van der Waals surface area contributed by atoms with Crippen molar-refractivity contribution in [2.24, 2.45) is 7.05 Å². The zero-order valence-electron chi connectivity index (χ0n) is 15.7. The Kier molecular flexibility index (Phi) is 3.44. The number of hydrogen-bond donors (Lipinski definition) is 0. The fraction of sp³-hybridized carbons (Fsp3) is 0.182. The number of pyridine rings is 1. The van der Waals surface area contributed by atoms with Crippen LogP contribution in [0.3, 0.4) is 0 Å². The van der Waals surface area contributed by atoms with Gasteiger partial charge >= 0.3 is 0 Å². The summed E-state index contributed by atoms with van der Waals surface area (Å²) in [7, 11) is 4.08. The van der Waals surface area contributed by atoms with E-state index in [0.717, 1.165) is 29.3 Å². The normalized spacial score (nSPS) is 13.4. The number of aromatic nitrogens is 3. The van der Waals surface area contributed by atoms with Crippen molar-refractivity contribution in [2.45, 2.75) is 6.92 Å². The highest BCUT2D eigenvalue weighted by molar-refractivity contribution is 6.04.